The standard InChI is InChI=1S/C41H53N7O7/c1-28(2)21-34(37(49)24-38(50)43-15-16-48-17-19-54-20-18-48)45-40(52)36(23-32-25-42-27-44-32)46-39(51)35(47-41(53)55-26-29-9-4-3-5-10-29)22-31-13-8-12-30-11-6-7-14-33(30)31/h3-14,25,27-28,34-37,49H,15-24,26H2,1-2H3,(H,42,44)(H,43,50)(H,45,52)(H,46,51)(H,47,53)/t34?,35-,36-,37?/m0/s1. The summed E-state index contributed by atoms with van der Waals surface area (Å²) in [4.78, 5) is 63.6. The average Bonchev–Trinajstić information content (AvgIpc) is 3.70. The molecule has 0 bridgehead atoms. The number of benzene rings is 3. The summed E-state index contributed by atoms with van der Waals surface area (Å²) in [5.74, 6) is -1.43. The number of aliphatic hydroxyl groups excluding tert-OH is 1. The first-order chi connectivity index (χ1) is 26.6. The van der Waals surface area contributed by atoms with Gasteiger partial charge in [-0.15, -0.1) is 0 Å². The molecule has 4 amide bonds. The van der Waals surface area contributed by atoms with Crippen LogP contribution >= 0.6 is 0 Å². The molecule has 14 nitrogen and oxygen atoms in total. The summed E-state index contributed by atoms with van der Waals surface area (Å²) in [7, 11) is 0. The Bertz CT molecular complexity index is 1810. The summed E-state index contributed by atoms with van der Waals surface area (Å²) in [6.07, 6.45) is 1.43. The van der Waals surface area contributed by atoms with Gasteiger partial charge in [0.15, 0.2) is 0 Å². The van der Waals surface area contributed by atoms with Crippen molar-refractivity contribution in [2.45, 2.75) is 70.4 Å². The second-order valence-corrected chi connectivity index (χ2v) is 14.2. The molecule has 5 rings (SSSR count). The van der Waals surface area contributed by atoms with Gasteiger partial charge in [0.05, 0.1) is 43.8 Å². The molecule has 0 aliphatic carbocycles. The van der Waals surface area contributed by atoms with Crippen molar-refractivity contribution < 1.29 is 33.8 Å². The molecular formula is C41H53N7O7. The Morgan fingerprint density at radius 3 is 2.35 bits per heavy atom. The van der Waals surface area contributed by atoms with E-state index in [9.17, 15) is 24.3 Å². The first-order valence-electron chi connectivity index (χ1n) is 18.9. The highest BCUT2D eigenvalue weighted by Gasteiger charge is 2.32. The first-order valence-corrected chi connectivity index (χ1v) is 18.9. The van der Waals surface area contributed by atoms with E-state index in [0.29, 0.717) is 38.4 Å². The molecule has 1 saturated heterocycles. The van der Waals surface area contributed by atoms with Crippen molar-refractivity contribution in [2.24, 2.45) is 5.92 Å². The van der Waals surface area contributed by atoms with Crippen LogP contribution in [0.15, 0.2) is 85.3 Å². The molecule has 0 saturated carbocycles. The summed E-state index contributed by atoms with van der Waals surface area (Å²) in [6.45, 7) is 7.94. The van der Waals surface area contributed by atoms with Crippen molar-refractivity contribution in [3.8, 4) is 0 Å². The predicted molar refractivity (Wildman–Crippen MR) is 208 cm³/mol. The maximum atomic E-state index is 14.2. The van der Waals surface area contributed by atoms with Crippen molar-refractivity contribution in [3.05, 3.63) is 102 Å². The Morgan fingerprint density at radius 2 is 1.60 bits per heavy atom. The van der Waals surface area contributed by atoms with Crippen LogP contribution in [-0.2, 0) is 43.3 Å². The lowest BCUT2D eigenvalue weighted by atomic mass is 9.96. The Kier molecular flexibility index (Phi) is 15.6. The molecule has 2 unspecified atom stereocenters. The monoisotopic (exact) mass is 755 g/mol. The van der Waals surface area contributed by atoms with Crippen molar-refractivity contribution >= 4 is 34.6 Å². The zero-order chi connectivity index (χ0) is 39.0. The van der Waals surface area contributed by atoms with Gasteiger partial charge in [-0.05, 0) is 34.2 Å². The quantitative estimate of drug-likeness (QED) is 0.0837. The van der Waals surface area contributed by atoms with E-state index in [0.717, 1.165) is 35.0 Å². The number of aromatic nitrogens is 2. The second kappa shape index (κ2) is 21.0. The van der Waals surface area contributed by atoms with Gasteiger partial charge in [0.25, 0.3) is 0 Å². The van der Waals surface area contributed by atoms with Gasteiger partial charge in [-0.2, -0.15) is 0 Å². The van der Waals surface area contributed by atoms with Crippen LogP contribution < -0.4 is 21.3 Å². The lowest BCUT2D eigenvalue weighted by Crippen LogP contribution is -2.57. The van der Waals surface area contributed by atoms with E-state index >= 15 is 0 Å². The minimum absolute atomic E-state index is 0.00489. The summed E-state index contributed by atoms with van der Waals surface area (Å²) in [5, 5.41) is 24.5. The molecule has 2 heterocycles. The number of rotatable bonds is 19. The first kappa shape index (κ1) is 40.9. The Hall–Kier alpha value is -5.31. The van der Waals surface area contributed by atoms with Crippen molar-refractivity contribution in [1.82, 2.24) is 36.1 Å². The Labute approximate surface area is 321 Å². The molecular weight excluding hydrogens is 702 g/mol. The van der Waals surface area contributed by atoms with E-state index < -0.39 is 42.1 Å². The van der Waals surface area contributed by atoms with Crippen LogP contribution in [0.1, 0.15) is 43.5 Å². The van der Waals surface area contributed by atoms with E-state index in [2.05, 4.69) is 36.1 Å². The smallest absolute Gasteiger partial charge is 0.408 e. The number of imidazole rings is 1. The Balaban J connectivity index is 1.29. The zero-order valence-corrected chi connectivity index (χ0v) is 31.5. The van der Waals surface area contributed by atoms with Gasteiger partial charge < -0.3 is 40.8 Å². The van der Waals surface area contributed by atoms with Gasteiger partial charge >= 0.3 is 6.09 Å². The van der Waals surface area contributed by atoms with E-state index in [4.69, 9.17) is 9.47 Å². The van der Waals surface area contributed by atoms with Gasteiger partial charge in [0.1, 0.15) is 18.7 Å². The van der Waals surface area contributed by atoms with Crippen LogP contribution in [0.5, 0.6) is 0 Å². The number of H-pyrrole nitrogens is 1. The second-order valence-electron chi connectivity index (χ2n) is 14.2. The van der Waals surface area contributed by atoms with Crippen molar-refractivity contribution in [2.75, 3.05) is 39.4 Å². The number of carbonyl (C=O) groups is 4. The number of aliphatic hydroxyl groups is 1. The van der Waals surface area contributed by atoms with Gasteiger partial charge in [-0.1, -0.05) is 86.6 Å². The fraction of sp³-hybridized carbons (Fsp3) is 0.439. The van der Waals surface area contributed by atoms with Crippen LogP contribution in [-0.4, -0.2) is 107 Å². The summed E-state index contributed by atoms with van der Waals surface area (Å²) in [5.41, 5.74) is 2.12. The molecule has 294 valence electrons. The maximum absolute atomic E-state index is 14.2. The minimum Gasteiger partial charge on any atom is -0.445 e. The molecule has 6 N–H and O–H groups in total. The highest BCUT2D eigenvalue weighted by Crippen LogP contribution is 2.20. The molecule has 55 heavy (non-hydrogen) atoms. The van der Waals surface area contributed by atoms with Crippen LogP contribution in [0.3, 0.4) is 0 Å². The van der Waals surface area contributed by atoms with E-state index in [1.165, 1.54) is 6.33 Å². The molecule has 1 aromatic heterocycles. The van der Waals surface area contributed by atoms with Crippen LogP contribution in [0.25, 0.3) is 10.8 Å². The summed E-state index contributed by atoms with van der Waals surface area (Å²) in [6, 6.07) is 19.6. The number of alkyl carbamates (subject to hydrolysis) is 1. The van der Waals surface area contributed by atoms with Gasteiger partial charge in [-0.3, -0.25) is 19.3 Å². The average molecular weight is 756 g/mol. The van der Waals surface area contributed by atoms with E-state index in [-0.39, 0.29) is 37.7 Å². The van der Waals surface area contributed by atoms with Crippen LogP contribution in [0.4, 0.5) is 4.79 Å². The zero-order valence-electron chi connectivity index (χ0n) is 31.5. The number of aromatic amines is 1. The lowest BCUT2D eigenvalue weighted by Gasteiger charge is -2.29. The number of nitrogens with one attached hydrogen (secondary N) is 5. The number of hydrogen-bond acceptors (Lipinski definition) is 9. The van der Waals surface area contributed by atoms with E-state index in [1.807, 2.05) is 86.6 Å². The third kappa shape index (κ3) is 13.2. The number of nitrogens with zero attached hydrogens (tertiary/aromatic N) is 2. The summed E-state index contributed by atoms with van der Waals surface area (Å²) >= 11 is 0. The topological polar surface area (TPSA) is 187 Å². The molecule has 4 atom stereocenters. The molecule has 3 aromatic carbocycles. The molecule has 14 heteroatoms. The number of ether oxygens (including phenoxy) is 2. The fourth-order valence-electron chi connectivity index (χ4n) is 6.59. The SMILES string of the molecule is CC(C)CC(NC(=O)[C@H](Cc1c[nH]cn1)NC(=O)[C@H](Cc1cccc2ccccc12)NC(=O)OCc1ccccc1)C(O)CC(=O)NCCN1CCOCC1. The highest BCUT2D eigenvalue weighted by molar-refractivity contribution is 5.93. The highest BCUT2D eigenvalue weighted by atomic mass is 16.5. The minimum atomic E-state index is -1.18. The van der Waals surface area contributed by atoms with Crippen LogP contribution in [0.2, 0.25) is 0 Å². The third-order valence-corrected chi connectivity index (χ3v) is 9.49. The maximum Gasteiger partial charge on any atom is 0.408 e. The summed E-state index contributed by atoms with van der Waals surface area (Å²) < 4.78 is 10.9. The van der Waals surface area contributed by atoms with Crippen molar-refractivity contribution in [1.29, 1.82) is 0 Å². The van der Waals surface area contributed by atoms with Crippen molar-refractivity contribution in [3.63, 3.8) is 0 Å². The molecule has 0 spiro atoms. The largest absolute Gasteiger partial charge is 0.445 e. The van der Waals surface area contributed by atoms with E-state index in [1.54, 1.807) is 6.20 Å². The van der Waals surface area contributed by atoms with Gasteiger partial charge in [-0.25, -0.2) is 9.78 Å². The number of carbonyl (C=O) groups excluding carboxylic acids is 4. The third-order valence-electron chi connectivity index (χ3n) is 9.49. The molecule has 1 fully saturated rings. The number of fused-ring (bicyclic) bond motifs is 1. The fourth-order valence-corrected chi connectivity index (χ4v) is 6.59. The number of hydrogen-bond donors (Lipinski definition) is 6. The molecule has 4 aromatic rings. The number of morpholine rings is 1. The number of amides is 4. The van der Waals surface area contributed by atoms with Crippen LogP contribution in [0, 0.1) is 5.92 Å². The lowest BCUT2D eigenvalue weighted by molar-refractivity contribution is -0.131. The molecule has 0 radical (unpaired) electrons. The molecule has 1 aliphatic rings. The van der Waals surface area contributed by atoms with Gasteiger partial charge in [0.2, 0.25) is 17.7 Å². The normalized spacial score (nSPS) is 15.4. The molecule has 1 aliphatic heterocycles. The Morgan fingerprint density at radius 1 is 0.891 bits per heavy atom. The predicted octanol–water partition coefficient (Wildman–Crippen LogP) is 2.86. The van der Waals surface area contributed by atoms with Gasteiger partial charge in [0, 0.05) is 45.2 Å².